The average Bonchev–Trinajstić information content (AvgIpc) is 3.76. The summed E-state index contributed by atoms with van der Waals surface area (Å²) in [6.45, 7) is 2.14. The van der Waals surface area contributed by atoms with E-state index in [0.29, 0.717) is 12.0 Å². The van der Waals surface area contributed by atoms with Gasteiger partial charge in [0.2, 0.25) is 0 Å². The molecule has 8 rings (SSSR count). The summed E-state index contributed by atoms with van der Waals surface area (Å²) in [6.07, 6.45) is 12.8. The summed E-state index contributed by atoms with van der Waals surface area (Å²) < 4.78 is 0. The number of aryl methyl sites for hydroxylation is 1. The van der Waals surface area contributed by atoms with Crippen LogP contribution in [0.25, 0.3) is 23.3 Å². The summed E-state index contributed by atoms with van der Waals surface area (Å²) in [4.78, 5) is 2.62. The van der Waals surface area contributed by atoms with Crippen molar-refractivity contribution in [3.8, 4) is 0 Å². The molecule has 1 heterocycles. The van der Waals surface area contributed by atoms with Gasteiger partial charge in [-0.15, -0.1) is 0 Å². The van der Waals surface area contributed by atoms with Gasteiger partial charge in [0.25, 0.3) is 0 Å². The van der Waals surface area contributed by atoms with Gasteiger partial charge in [0.15, 0.2) is 0 Å². The first-order chi connectivity index (χ1) is 24.2. The van der Waals surface area contributed by atoms with Crippen LogP contribution in [0.1, 0.15) is 69.7 Å². The van der Waals surface area contributed by atoms with E-state index < -0.39 is 0 Å². The van der Waals surface area contributed by atoms with Crippen LogP contribution < -0.4 is 4.90 Å². The Morgan fingerprint density at radius 3 is 1.78 bits per heavy atom. The van der Waals surface area contributed by atoms with E-state index in [1.54, 1.807) is 0 Å². The van der Waals surface area contributed by atoms with Crippen molar-refractivity contribution >= 4 is 34.7 Å². The molecule has 1 saturated carbocycles. The molecule has 0 radical (unpaired) electrons. The predicted molar refractivity (Wildman–Crippen MR) is 209 cm³/mol. The molecule has 1 aliphatic carbocycles. The molecule has 2 atom stereocenters. The van der Waals surface area contributed by atoms with Crippen LogP contribution in [-0.4, -0.2) is 6.04 Å². The molecule has 0 aromatic heterocycles. The number of allylic oxidation sites excluding steroid dienone is 2. The fourth-order valence-corrected chi connectivity index (χ4v) is 7.75. The van der Waals surface area contributed by atoms with Crippen LogP contribution >= 0.6 is 0 Å². The van der Waals surface area contributed by atoms with Gasteiger partial charge >= 0.3 is 0 Å². The van der Waals surface area contributed by atoms with E-state index in [4.69, 9.17) is 0 Å². The van der Waals surface area contributed by atoms with E-state index in [0.717, 1.165) is 0 Å². The molecular formula is C48H41N. The highest BCUT2D eigenvalue weighted by molar-refractivity contribution is 5.91. The molecule has 2 aliphatic rings. The Bertz CT molecular complexity index is 2080. The van der Waals surface area contributed by atoms with Crippen molar-refractivity contribution in [3.05, 3.63) is 214 Å². The van der Waals surface area contributed by atoms with Gasteiger partial charge in [-0.25, -0.2) is 0 Å². The second-order valence-corrected chi connectivity index (χ2v) is 13.3. The summed E-state index contributed by atoms with van der Waals surface area (Å²) >= 11 is 0. The van der Waals surface area contributed by atoms with Crippen molar-refractivity contribution in [1.82, 2.24) is 0 Å². The van der Waals surface area contributed by atoms with Gasteiger partial charge in [-0.05, 0) is 100 Å². The lowest BCUT2D eigenvalue weighted by Gasteiger charge is -2.27. The first-order valence-corrected chi connectivity index (χ1v) is 17.6. The first-order valence-electron chi connectivity index (χ1n) is 17.6. The van der Waals surface area contributed by atoms with Gasteiger partial charge < -0.3 is 4.90 Å². The second kappa shape index (κ2) is 13.8. The molecule has 0 saturated heterocycles. The van der Waals surface area contributed by atoms with Crippen LogP contribution in [0.4, 0.5) is 11.4 Å². The number of rotatable bonds is 8. The smallest absolute Gasteiger partial charge is 0.0450 e. The largest absolute Gasteiger partial charge is 0.338 e. The zero-order chi connectivity index (χ0) is 33.0. The monoisotopic (exact) mass is 631 g/mol. The number of fused-ring (bicyclic) bond motifs is 3. The average molecular weight is 632 g/mol. The van der Waals surface area contributed by atoms with E-state index >= 15 is 0 Å². The SMILES string of the molecule is Cc1ccc(C(=CC=Cc2ccc3c(c2)C2CCCC2N3c2ccc(C=C(c3ccccc3)c3ccccc3)cc2)c2ccccc2)cc1. The Balaban J connectivity index is 1.08. The van der Waals surface area contributed by atoms with E-state index in [1.807, 2.05) is 0 Å². The number of anilines is 2. The fourth-order valence-electron chi connectivity index (χ4n) is 7.75. The van der Waals surface area contributed by atoms with Gasteiger partial charge in [0, 0.05) is 23.3 Å². The summed E-state index contributed by atoms with van der Waals surface area (Å²) in [5.41, 5.74) is 15.3. The Labute approximate surface area is 291 Å². The number of nitrogens with zero attached hydrogens (tertiary/aromatic N) is 1. The normalized spacial score (nSPS) is 16.8. The van der Waals surface area contributed by atoms with E-state index in [9.17, 15) is 0 Å². The molecule has 0 spiro atoms. The summed E-state index contributed by atoms with van der Waals surface area (Å²) in [7, 11) is 0. The molecule has 1 heteroatoms. The molecule has 2 unspecified atom stereocenters. The van der Waals surface area contributed by atoms with E-state index in [2.05, 4.69) is 194 Å². The minimum Gasteiger partial charge on any atom is -0.338 e. The summed E-state index contributed by atoms with van der Waals surface area (Å²) in [6, 6.07) is 57.7. The van der Waals surface area contributed by atoms with Crippen molar-refractivity contribution in [2.24, 2.45) is 0 Å². The maximum absolute atomic E-state index is 2.62. The number of hydrogen-bond donors (Lipinski definition) is 0. The van der Waals surface area contributed by atoms with Crippen LogP contribution in [0.3, 0.4) is 0 Å². The number of hydrogen-bond acceptors (Lipinski definition) is 1. The van der Waals surface area contributed by atoms with Crippen LogP contribution in [0.15, 0.2) is 170 Å². The van der Waals surface area contributed by atoms with Gasteiger partial charge in [0.1, 0.15) is 0 Å². The molecule has 0 bridgehead atoms. The highest BCUT2D eigenvalue weighted by Crippen LogP contribution is 2.52. The lowest BCUT2D eigenvalue weighted by atomic mass is 9.95. The van der Waals surface area contributed by atoms with Crippen LogP contribution in [0.2, 0.25) is 0 Å². The lowest BCUT2D eigenvalue weighted by molar-refractivity contribution is 0.642. The Morgan fingerprint density at radius 2 is 1.14 bits per heavy atom. The van der Waals surface area contributed by atoms with Gasteiger partial charge in [-0.3, -0.25) is 0 Å². The fraction of sp³-hybridized carbons (Fsp3) is 0.125. The zero-order valence-corrected chi connectivity index (χ0v) is 28.0. The quantitative estimate of drug-likeness (QED) is 0.119. The standard InChI is InChI=1S/C48H41N/c1-35-23-28-41(29-24-35)43(38-14-5-2-6-15-38)20-11-13-36-27-32-48-46(34-36)44-21-12-22-47(44)49(48)42-30-25-37(26-31-42)33-45(39-16-7-3-8-17-39)40-18-9-4-10-19-40/h2-11,13-20,23-34,44,47H,12,21-22H2,1H3. The molecule has 6 aromatic carbocycles. The molecule has 49 heavy (non-hydrogen) atoms. The Morgan fingerprint density at radius 1 is 0.571 bits per heavy atom. The van der Waals surface area contributed by atoms with Crippen molar-refractivity contribution in [3.63, 3.8) is 0 Å². The summed E-state index contributed by atoms with van der Waals surface area (Å²) in [5, 5.41) is 0. The van der Waals surface area contributed by atoms with Crippen molar-refractivity contribution < 1.29 is 0 Å². The molecule has 1 aliphatic heterocycles. The molecule has 1 nitrogen and oxygen atoms in total. The van der Waals surface area contributed by atoms with Crippen molar-refractivity contribution in [2.75, 3.05) is 4.90 Å². The van der Waals surface area contributed by atoms with Crippen molar-refractivity contribution in [2.45, 2.75) is 38.1 Å². The molecule has 6 aromatic rings. The third-order valence-corrected chi connectivity index (χ3v) is 10.2. The Hall–Kier alpha value is -5.66. The second-order valence-electron chi connectivity index (χ2n) is 13.3. The lowest BCUT2D eigenvalue weighted by Crippen LogP contribution is -2.26. The third-order valence-electron chi connectivity index (χ3n) is 10.2. The molecule has 0 N–H and O–H groups in total. The van der Waals surface area contributed by atoms with Gasteiger partial charge in [0.05, 0.1) is 0 Å². The van der Waals surface area contributed by atoms with Crippen LogP contribution in [0.5, 0.6) is 0 Å². The molecule has 0 amide bonds. The Kier molecular flexibility index (Phi) is 8.65. The first kappa shape index (κ1) is 30.7. The van der Waals surface area contributed by atoms with Gasteiger partial charge in [-0.2, -0.15) is 0 Å². The molecule has 238 valence electrons. The van der Waals surface area contributed by atoms with Gasteiger partial charge in [-0.1, -0.05) is 164 Å². The van der Waals surface area contributed by atoms with Crippen molar-refractivity contribution in [1.29, 1.82) is 0 Å². The molecule has 1 fully saturated rings. The number of benzene rings is 6. The molecular weight excluding hydrogens is 591 g/mol. The van der Waals surface area contributed by atoms with E-state index in [-0.39, 0.29) is 0 Å². The van der Waals surface area contributed by atoms with E-state index in [1.165, 1.54) is 86.3 Å². The highest BCUT2D eigenvalue weighted by Gasteiger charge is 2.42. The third kappa shape index (κ3) is 6.45. The minimum atomic E-state index is 0.519. The highest BCUT2D eigenvalue weighted by atomic mass is 15.2. The maximum Gasteiger partial charge on any atom is 0.0450 e. The van der Waals surface area contributed by atoms with Crippen LogP contribution in [-0.2, 0) is 0 Å². The zero-order valence-electron chi connectivity index (χ0n) is 28.0. The van der Waals surface area contributed by atoms with Crippen LogP contribution in [0, 0.1) is 6.92 Å². The minimum absolute atomic E-state index is 0.519. The maximum atomic E-state index is 2.62. The summed E-state index contributed by atoms with van der Waals surface area (Å²) in [5.74, 6) is 0.577. The predicted octanol–water partition coefficient (Wildman–Crippen LogP) is 12.5. The topological polar surface area (TPSA) is 3.24 Å².